The molecule has 0 spiro atoms. The first-order chi connectivity index (χ1) is 6.40. The summed E-state index contributed by atoms with van der Waals surface area (Å²) in [6.07, 6.45) is 5.57. The molecule has 2 fully saturated rings. The van der Waals surface area contributed by atoms with Crippen molar-refractivity contribution in [3.8, 4) is 0 Å². The first-order valence-electron chi connectivity index (χ1n) is 5.72. The Bertz CT molecular complexity index is 160. The summed E-state index contributed by atoms with van der Waals surface area (Å²) in [4.78, 5) is 2.62. The van der Waals surface area contributed by atoms with Crippen molar-refractivity contribution < 1.29 is 4.74 Å². The maximum Gasteiger partial charge on any atom is 0.0622 e. The third-order valence-corrected chi connectivity index (χ3v) is 3.48. The highest BCUT2D eigenvalue weighted by atomic mass is 16.5. The van der Waals surface area contributed by atoms with Crippen LogP contribution in [-0.4, -0.2) is 37.2 Å². The summed E-state index contributed by atoms with van der Waals surface area (Å²) in [5, 5.41) is 0. The van der Waals surface area contributed by atoms with E-state index in [1.54, 1.807) is 0 Å². The molecule has 2 rings (SSSR count). The predicted octanol–water partition coefficient (Wildman–Crippen LogP) is 1.90. The molecule has 2 saturated heterocycles. The van der Waals surface area contributed by atoms with Gasteiger partial charge in [-0.3, -0.25) is 4.90 Å². The predicted molar refractivity (Wildman–Crippen MR) is 53.8 cm³/mol. The molecule has 0 aromatic carbocycles. The summed E-state index contributed by atoms with van der Waals surface area (Å²) in [6, 6.07) is 0.749. The van der Waals surface area contributed by atoms with Crippen molar-refractivity contribution in [1.82, 2.24) is 4.90 Å². The van der Waals surface area contributed by atoms with E-state index in [9.17, 15) is 0 Å². The number of hydrogen-bond donors (Lipinski definition) is 0. The van der Waals surface area contributed by atoms with Gasteiger partial charge in [-0.15, -0.1) is 0 Å². The van der Waals surface area contributed by atoms with Gasteiger partial charge in [0.2, 0.25) is 0 Å². The molecule has 0 aromatic rings. The lowest BCUT2D eigenvalue weighted by Gasteiger charge is -2.42. The van der Waals surface area contributed by atoms with Crippen LogP contribution >= 0.6 is 0 Å². The minimum absolute atomic E-state index is 0.749. The maximum atomic E-state index is 5.52. The van der Waals surface area contributed by atoms with E-state index in [1.807, 2.05) is 0 Å². The second kappa shape index (κ2) is 4.43. The van der Waals surface area contributed by atoms with Crippen LogP contribution in [0.2, 0.25) is 0 Å². The van der Waals surface area contributed by atoms with Gasteiger partial charge >= 0.3 is 0 Å². The van der Waals surface area contributed by atoms with Crippen LogP contribution in [0.5, 0.6) is 0 Å². The molecule has 2 aliphatic rings. The van der Waals surface area contributed by atoms with Gasteiger partial charge in [0.1, 0.15) is 0 Å². The molecule has 2 heteroatoms. The molecular formula is C11H21NO. The van der Waals surface area contributed by atoms with Gasteiger partial charge < -0.3 is 4.74 Å². The maximum absolute atomic E-state index is 5.52. The van der Waals surface area contributed by atoms with Gasteiger partial charge in [-0.1, -0.05) is 19.8 Å². The molecule has 0 amide bonds. The molecule has 76 valence electrons. The summed E-state index contributed by atoms with van der Waals surface area (Å²) < 4.78 is 5.52. The highest BCUT2D eigenvalue weighted by Crippen LogP contribution is 2.27. The number of rotatable bonds is 2. The van der Waals surface area contributed by atoms with Crippen LogP contribution in [0.1, 0.15) is 32.6 Å². The van der Waals surface area contributed by atoms with Crippen molar-refractivity contribution in [1.29, 1.82) is 0 Å². The van der Waals surface area contributed by atoms with E-state index in [2.05, 4.69) is 11.8 Å². The summed E-state index contributed by atoms with van der Waals surface area (Å²) in [5.41, 5.74) is 0. The molecule has 2 heterocycles. The van der Waals surface area contributed by atoms with Crippen LogP contribution in [0.15, 0.2) is 0 Å². The van der Waals surface area contributed by atoms with Gasteiger partial charge in [0, 0.05) is 12.6 Å². The van der Waals surface area contributed by atoms with Crippen LogP contribution in [-0.2, 0) is 4.74 Å². The topological polar surface area (TPSA) is 12.5 Å². The average Bonchev–Trinajstić information content (AvgIpc) is 2.18. The lowest BCUT2D eigenvalue weighted by molar-refractivity contribution is -0.0358. The Balaban J connectivity index is 1.84. The van der Waals surface area contributed by atoms with Crippen molar-refractivity contribution >= 4 is 0 Å². The van der Waals surface area contributed by atoms with Crippen molar-refractivity contribution in [2.24, 2.45) is 5.92 Å². The van der Waals surface area contributed by atoms with E-state index in [4.69, 9.17) is 4.74 Å². The average molecular weight is 183 g/mol. The van der Waals surface area contributed by atoms with Crippen LogP contribution in [0, 0.1) is 5.92 Å². The Kier molecular flexibility index (Phi) is 3.23. The Morgan fingerprint density at radius 1 is 1.38 bits per heavy atom. The van der Waals surface area contributed by atoms with Crippen molar-refractivity contribution in [2.75, 3.05) is 26.3 Å². The van der Waals surface area contributed by atoms with Crippen LogP contribution in [0.4, 0.5) is 0 Å². The fourth-order valence-electron chi connectivity index (χ4n) is 2.72. The monoisotopic (exact) mass is 183 g/mol. The quantitative estimate of drug-likeness (QED) is 0.648. The minimum Gasteiger partial charge on any atom is -0.378 e. The number of fused-ring (bicyclic) bond motifs is 1. The van der Waals surface area contributed by atoms with Crippen molar-refractivity contribution in [3.05, 3.63) is 0 Å². The molecule has 2 unspecified atom stereocenters. The fourth-order valence-corrected chi connectivity index (χ4v) is 2.72. The lowest BCUT2D eigenvalue weighted by Crippen LogP contribution is -2.49. The highest BCUT2D eigenvalue weighted by molar-refractivity contribution is 4.83. The summed E-state index contributed by atoms with van der Waals surface area (Å²) >= 11 is 0. The number of hydrogen-bond acceptors (Lipinski definition) is 2. The summed E-state index contributed by atoms with van der Waals surface area (Å²) in [7, 11) is 0. The second-order valence-corrected chi connectivity index (χ2v) is 4.44. The molecule has 13 heavy (non-hydrogen) atoms. The molecular weight excluding hydrogens is 162 g/mol. The lowest BCUT2D eigenvalue weighted by atomic mass is 9.87. The molecule has 2 aliphatic heterocycles. The Morgan fingerprint density at radius 3 is 3.15 bits per heavy atom. The Hall–Kier alpha value is -0.0800. The van der Waals surface area contributed by atoms with Crippen LogP contribution < -0.4 is 0 Å². The van der Waals surface area contributed by atoms with Gasteiger partial charge in [-0.25, -0.2) is 0 Å². The molecule has 0 bridgehead atoms. The molecule has 2 atom stereocenters. The molecule has 0 N–H and O–H groups in total. The molecule has 2 nitrogen and oxygen atoms in total. The van der Waals surface area contributed by atoms with Crippen LogP contribution in [0.25, 0.3) is 0 Å². The van der Waals surface area contributed by atoms with E-state index in [0.29, 0.717) is 0 Å². The third-order valence-electron chi connectivity index (χ3n) is 3.48. The molecule has 0 aromatic heterocycles. The van der Waals surface area contributed by atoms with E-state index >= 15 is 0 Å². The minimum atomic E-state index is 0.749. The number of piperidine rings is 1. The first-order valence-corrected chi connectivity index (χ1v) is 5.72. The first kappa shape index (κ1) is 9.47. The van der Waals surface area contributed by atoms with Gasteiger partial charge in [-0.05, 0) is 25.3 Å². The SMILES string of the molecule is CCCC1CCN2CCOCC2C1. The van der Waals surface area contributed by atoms with Gasteiger partial charge in [0.05, 0.1) is 13.2 Å². The zero-order chi connectivity index (χ0) is 9.10. The highest BCUT2D eigenvalue weighted by Gasteiger charge is 2.29. The van der Waals surface area contributed by atoms with Crippen LogP contribution in [0.3, 0.4) is 0 Å². The number of ether oxygens (including phenoxy) is 1. The van der Waals surface area contributed by atoms with Crippen molar-refractivity contribution in [2.45, 2.75) is 38.6 Å². The smallest absolute Gasteiger partial charge is 0.0622 e. The largest absolute Gasteiger partial charge is 0.378 e. The molecule has 0 saturated carbocycles. The van der Waals surface area contributed by atoms with E-state index in [0.717, 1.165) is 25.2 Å². The standard InChI is InChI=1S/C11H21NO/c1-2-3-10-4-5-12-6-7-13-9-11(12)8-10/h10-11H,2-9H2,1H3. The van der Waals surface area contributed by atoms with Crippen molar-refractivity contribution in [3.63, 3.8) is 0 Å². The fraction of sp³-hybridized carbons (Fsp3) is 1.00. The van der Waals surface area contributed by atoms with E-state index < -0.39 is 0 Å². The Morgan fingerprint density at radius 2 is 2.31 bits per heavy atom. The van der Waals surface area contributed by atoms with Gasteiger partial charge in [0.25, 0.3) is 0 Å². The normalized spacial score (nSPS) is 35.8. The molecule has 0 radical (unpaired) electrons. The zero-order valence-corrected chi connectivity index (χ0v) is 8.67. The van der Waals surface area contributed by atoms with E-state index in [-0.39, 0.29) is 0 Å². The molecule has 0 aliphatic carbocycles. The van der Waals surface area contributed by atoms with Gasteiger partial charge in [-0.2, -0.15) is 0 Å². The summed E-state index contributed by atoms with van der Waals surface area (Å²) in [5.74, 6) is 0.980. The number of nitrogens with zero attached hydrogens (tertiary/aromatic N) is 1. The number of morpholine rings is 1. The zero-order valence-electron chi connectivity index (χ0n) is 8.67. The Labute approximate surface area is 81.3 Å². The summed E-state index contributed by atoms with van der Waals surface area (Å²) in [6.45, 7) is 6.72. The van der Waals surface area contributed by atoms with E-state index in [1.165, 1.54) is 38.8 Å². The van der Waals surface area contributed by atoms with Gasteiger partial charge in [0.15, 0.2) is 0 Å². The second-order valence-electron chi connectivity index (χ2n) is 4.44. The third kappa shape index (κ3) is 2.23.